The van der Waals surface area contributed by atoms with Crippen molar-refractivity contribution in [3.63, 3.8) is 0 Å². The summed E-state index contributed by atoms with van der Waals surface area (Å²) >= 11 is 0. The molecule has 9 rings (SSSR count). The van der Waals surface area contributed by atoms with Crippen LogP contribution >= 0.6 is 0 Å². The van der Waals surface area contributed by atoms with Crippen molar-refractivity contribution in [1.29, 1.82) is 0 Å². The number of fused-ring (bicyclic) bond motifs is 8. The van der Waals surface area contributed by atoms with Crippen molar-refractivity contribution in [2.45, 2.75) is 0 Å². The van der Waals surface area contributed by atoms with Gasteiger partial charge in [-0.05, 0) is 61.6 Å². The Bertz CT molecular complexity index is 3150. The maximum absolute atomic E-state index is 9.33. The first kappa shape index (κ1) is 12.7. The molecule has 2 heterocycles. The van der Waals surface area contributed by atoms with E-state index in [1.165, 1.54) is 18.4 Å². The first-order valence-corrected chi connectivity index (χ1v) is 12.5. The summed E-state index contributed by atoms with van der Waals surface area (Å²) in [6.07, 6.45) is 1.53. The van der Waals surface area contributed by atoms with Gasteiger partial charge >= 0.3 is 0 Å². The van der Waals surface area contributed by atoms with Crippen LogP contribution in [0.4, 0.5) is 0 Å². The Labute approximate surface area is 247 Å². The Morgan fingerprint density at radius 2 is 1.15 bits per heavy atom. The van der Waals surface area contributed by atoms with Crippen LogP contribution in [-0.2, 0) is 0 Å². The minimum absolute atomic E-state index is 0.00304. The summed E-state index contributed by atoms with van der Waals surface area (Å²) in [6.45, 7) is 0. The molecule has 0 N–H and O–H groups in total. The van der Waals surface area contributed by atoms with Crippen molar-refractivity contribution in [2.24, 2.45) is 0 Å². The van der Waals surface area contributed by atoms with Gasteiger partial charge in [0, 0.05) is 21.9 Å². The number of hydrogen-bond acceptors (Lipinski definition) is 2. The van der Waals surface area contributed by atoms with E-state index in [-0.39, 0.29) is 49.0 Å². The highest BCUT2D eigenvalue weighted by atomic mass is 16.3. The zero-order chi connectivity index (χ0) is 37.5. The van der Waals surface area contributed by atoms with Crippen LogP contribution in [0.1, 0.15) is 17.8 Å². The number of furan rings is 2. The zero-order valence-corrected chi connectivity index (χ0v) is 20.5. The van der Waals surface area contributed by atoms with Crippen molar-refractivity contribution in [3.05, 3.63) is 133 Å². The second kappa shape index (κ2) is 8.08. The third kappa shape index (κ3) is 2.88. The minimum atomic E-state index is -0.628. The molecule has 0 atom stereocenters. The topological polar surface area (TPSA) is 26.3 Å². The molecule has 186 valence electrons. The molecule has 7 aromatic carbocycles. The molecule has 0 radical (unpaired) electrons. The monoisotopic (exact) mass is 523 g/mol. The normalized spacial score (nSPS) is 16.6. The molecule has 0 saturated carbocycles. The predicted molar refractivity (Wildman–Crippen MR) is 167 cm³/mol. The second-order valence-electron chi connectivity index (χ2n) is 9.46. The standard InChI is InChI=1S/C38H22O2/c1-2-11-24-23(9-1)10-7-16-25(24)35-26-12-3-5-14-28(26)36(29-15-6-4-13-27(29)35)33-18-8-17-30-31-19-20-34-32(21-22-39-34)37(31)40-38(30)33/h1-22H/i1D,2D,3D,4D,5D,6D,7D,9D,10D,12D,14D,15D,16D. The van der Waals surface area contributed by atoms with Crippen molar-refractivity contribution in [2.75, 3.05) is 0 Å². The number of rotatable bonds is 2. The van der Waals surface area contributed by atoms with Gasteiger partial charge in [-0.2, -0.15) is 0 Å². The molecule has 2 heteroatoms. The van der Waals surface area contributed by atoms with Crippen LogP contribution in [0, 0.1) is 0 Å². The fraction of sp³-hybridized carbons (Fsp3) is 0. The fourth-order valence-corrected chi connectivity index (χ4v) is 5.78. The van der Waals surface area contributed by atoms with E-state index in [2.05, 4.69) is 0 Å². The lowest BCUT2D eigenvalue weighted by atomic mass is 9.84. The smallest absolute Gasteiger partial charge is 0.146 e. The Morgan fingerprint density at radius 3 is 2.02 bits per heavy atom. The summed E-state index contributed by atoms with van der Waals surface area (Å²) in [6, 6.07) is 6.39. The highest BCUT2D eigenvalue weighted by Crippen LogP contribution is 2.47. The summed E-state index contributed by atoms with van der Waals surface area (Å²) in [5.41, 5.74) is 1.58. The number of hydrogen-bond donors (Lipinski definition) is 0. The van der Waals surface area contributed by atoms with E-state index in [0.29, 0.717) is 33.1 Å². The maximum Gasteiger partial charge on any atom is 0.146 e. The number of para-hydroxylation sites is 1. The molecule has 2 nitrogen and oxygen atoms in total. The summed E-state index contributed by atoms with van der Waals surface area (Å²) in [7, 11) is 0. The fourth-order valence-electron chi connectivity index (χ4n) is 5.78. The Balaban J connectivity index is 1.61. The Kier molecular flexibility index (Phi) is 2.56. The molecule has 0 spiro atoms. The van der Waals surface area contributed by atoms with Crippen LogP contribution in [0.5, 0.6) is 0 Å². The van der Waals surface area contributed by atoms with E-state index >= 15 is 0 Å². The van der Waals surface area contributed by atoms with Gasteiger partial charge in [-0.3, -0.25) is 0 Å². The quantitative estimate of drug-likeness (QED) is 0.211. The van der Waals surface area contributed by atoms with E-state index in [4.69, 9.17) is 21.2 Å². The van der Waals surface area contributed by atoms with Gasteiger partial charge in [0.2, 0.25) is 0 Å². The molecule has 0 bridgehead atoms. The van der Waals surface area contributed by atoms with Gasteiger partial charge in [-0.25, -0.2) is 0 Å². The van der Waals surface area contributed by atoms with E-state index in [0.717, 1.165) is 5.39 Å². The van der Waals surface area contributed by atoms with E-state index in [9.17, 15) is 5.48 Å². The van der Waals surface area contributed by atoms with Crippen LogP contribution < -0.4 is 0 Å². The summed E-state index contributed by atoms with van der Waals surface area (Å²) < 4.78 is 127. The Hall–Kier alpha value is -5.34. The van der Waals surface area contributed by atoms with Crippen molar-refractivity contribution in [3.8, 4) is 22.3 Å². The third-order valence-corrected chi connectivity index (χ3v) is 7.46. The number of benzene rings is 7. The highest BCUT2D eigenvalue weighted by molar-refractivity contribution is 6.26. The maximum atomic E-state index is 9.33. The molecule has 9 aromatic rings. The summed E-state index contributed by atoms with van der Waals surface area (Å²) in [4.78, 5) is 0. The van der Waals surface area contributed by atoms with Gasteiger partial charge in [0.15, 0.2) is 0 Å². The van der Waals surface area contributed by atoms with Gasteiger partial charge in [0.25, 0.3) is 0 Å². The molecule has 0 aliphatic carbocycles. The van der Waals surface area contributed by atoms with Crippen LogP contribution in [0.15, 0.2) is 142 Å². The molecular weight excluding hydrogens is 488 g/mol. The third-order valence-electron chi connectivity index (χ3n) is 7.46. The predicted octanol–water partition coefficient (Wildman–Crippen LogP) is 11.1. The molecular formula is C38H22O2. The molecule has 2 aromatic heterocycles. The van der Waals surface area contributed by atoms with Gasteiger partial charge in [-0.1, -0.05) is 109 Å². The molecule has 0 saturated heterocycles. The molecule has 0 unspecified atom stereocenters. The van der Waals surface area contributed by atoms with Crippen LogP contribution in [0.3, 0.4) is 0 Å². The van der Waals surface area contributed by atoms with Crippen molar-refractivity contribution < 1.29 is 26.7 Å². The van der Waals surface area contributed by atoms with E-state index < -0.39 is 78.6 Å². The van der Waals surface area contributed by atoms with Crippen LogP contribution in [0.2, 0.25) is 0 Å². The van der Waals surface area contributed by atoms with Crippen molar-refractivity contribution in [1.82, 2.24) is 0 Å². The van der Waals surface area contributed by atoms with Gasteiger partial charge in [0.1, 0.15) is 16.7 Å². The Morgan fingerprint density at radius 1 is 0.450 bits per heavy atom. The van der Waals surface area contributed by atoms with Crippen molar-refractivity contribution >= 4 is 65.2 Å². The van der Waals surface area contributed by atoms with Gasteiger partial charge < -0.3 is 8.83 Å². The molecule has 0 fully saturated rings. The highest BCUT2D eigenvalue weighted by Gasteiger charge is 2.21. The molecule has 0 aliphatic rings. The zero-order valence-electron chi connectivity index (χ0n) is 33.5. The lowest BCUT2D eigenvalue weighted by Crippen LogP contribution is -1.91. The van der Waals surface area contributed by atoms with Crippen LogP contribution in [0.25, 0.3) is 87.5 Å². The first-order chi connectivity index (χ1) is 25.2. The molecule has 0 aliphatic heterocycles. The molecule has 0 amide bonds. The lowest BCUT2D eigenvalue weighted by molar-refractivity contribution is 0.615. The average Bonchev–Trinajstić information content (AvgIpc) is 3.78. The lowest BCUT2D eigenvalue weighted by Gasteiger charge is -2.18. The van der Waals surface area contributed by atoms with Gasteiger partial charge in [-0.15, -0.1) is 0 Å². The SMILES string of the molecule is [2H]c1cc2c(-c3c4cc([2H])c([2H])c([2H])c4c(-c4cccc5c4oc4c6ccoc6ccc54)c4c([2H])c([2H])c([2H])c([2H])c34)c([2H])c([2H])c([2H])c2c([2H])c1[2H]. The summed E-state index contributed by atoms with van der Waals surface area (Å²) in [5, 5.41) is 1.64. The summed E-state index contributed by atoms with van der Waals surface area (Å²) in [5.74, 6) is 0. The minimum Gasteiger partial charge on any atom is -0.464 e. The second-order valence-corrected chi connectivity index (χ2v) is 9.46. The van der Waals surface area contributed by atoms with E-state index in [1.807, 2.05) is 12.1 Å². The van der Waals surface area contributed by atoms with Crippen LogP contribution in [-0.4, -0.2) is 0 Å². The molecule has 40 heavy (non-hydrogen) atoms. The van der Waals surface area contributed by atoms with E-state index in [1.54, 1.807) is 24.3 Å². The average molecular weight is 524 g/mol. The largest absolute Gasteiger partial charge is 0.464 e. The van der Waals surface area contributed by atoms with Gasteiger partial charge in [0.05, 0.1) is 29.5 Å². The first-order valence-electron chi connectivity index (χ1n) is 19.0.